The fourth-order valence-corrected chi connectivity index (χ4v) is 4.71. The molecule has 17 heavy (non-hydrogen) atoms. The lowest BCUT2D eigenvalue weighted by Gasteiger charge is -2.43. The first-order valence-corrected chi connectivity index (χ1v) is 9.14. The summed E-state index contributed by atoms with van der Waals surface area (Å²) >= 11 is 0. The van der Waals surface area contributed by atoms with Crippen LogP contribution in [-0.2, 0) is 8.37 Å². The van der Waals surface area contributed by atoms with Gasteiger partial charge in [-0.25, -0.2) is 0 Å². The monoisotopic (exact) mass is 264 g/mol. The van der Waals surface area contributed by atoms with Crippen LogP contribution in [0.15, 0.2) is 0 Å². The molecule has 0 aromatic rings. The predicted octanol–water partition coefficient (Wildman–Crippen LogP) is 5.07. The van der Waals surface area contributed by atoms with Crippen molar-refractivity contribution < 1.29 is 8.37 Å². The Bertz CT molecular complexity index is 125. The molecule has 0 amide bonds. The molecule has 0 bridgehead atoms. The Kier molecular flexibility index (Phi) is 11.5. The van der Waals surface area contributed by atoms with Gasteiger partial charge in [-0.3, -0.25) is 8.37 Å². The summed E-state index contributed by atoms with van der Waals surface area (Å²) in [5.41, 5.74) is 0. The highest BCUT2D eigenvalue weighted by Crippen LogP contribution is 2.52. The van der Waals surface area contributed by atoms with Gasteiger partial charge in [0.25, 0.3) is 0 Å². The zero-order valence-electron chi connectivity index (χ0n) is 12.3. The van der Waals surface area contributed by atoms with Crippen molar-refractivity contribution in [2.24, 2.45) is 0 Å². The van der Waals surface area contributed by atoms with Crippen molar-refractivity contribution in [2.75, 3.05) is 24.7 Å². The first-order chi connectivity index (χ1) is 8.24. The summed E-state index contributed by atoms with van der Waals surface area (Å²) in [5.74, 6) is 2.26. The van der Waals surface area contributed by atoms with Gasteiger partial charge in [-0.2, -0.15) is 10.6 Å². The summed E-state index contributed by atoms with van der Waals surface area (Å²) in [5, 5.41) is 0. The zero-order valence-corrected chi connectivity index (χ0v) is 13.1. The SMILES string of the molecule is CCCCS(CCCC)(OCCC)OCCC. The largest absolute Gasteiger partial charge is 0.284 e. The van der Waals surface area contributed by atoms with Crippen molar-refractivity contribution in [2.45, 2.75) is 66.2 Å². The molecule has 0 fully saturated rings. The fourth-order valence-electron chi connectivity index (χ4n) is 1.57. The average Bonchev–Trinajstić information content (AvgIpc) is 2.37. The minimum atomic E-state index is -1.25. The Hall–Kier alpha value is 0.270. The molecule has 0 saturated carbocycles. The van der Waals surface area contributed by atoms with E-state index in [1.807, 2.05) is 0 Å². The van der Waals surface area contributed by atoms with E-state index in [1.54, 1.807) is 0 Å². The standard InChI is InChI=1S/C14H32O2S/c1-5-9-13-17(14-10-6-2,15-11-7-3)16-12-8-4/h5-14H2,1-4H3. The first-order valence-electron chi connectivity index (χ1n) is 7.32. The van der Waals surface area contributed by atoms with Gasteiger partial charge in [-0.1, -0.05) is 40.5 Å². The molecule has 0 aromatic heterocycles. The molecule has 0 radical (unpaired) electrons. The maximum Gasteiger partial charge on any atom is 0.0711 e. The second-order valence-corrected chi connectivity index (χ2v) is 7.28. The van der Waals surface area contributed by atoms with Crippen LogP contribution in [0, 0.1) is 0 Å². The molecule has 3 heteroatoms. The van der Waals surface area contributed by atoms with Gasteiger partial charge < -0.3 is 0 Å². The second kappa shape index (κ2) is 11.4. The Morgan fingerprint density at radius 3 is 1.35 bits per heavy atom. The molecule has 2 nitrogen and oxygen atoms in total. The molecular formula is C14H32O2S. The molecule has 0 aliphatic carbocycles. The molecule has 0 unspecified atom stereocenters. The van der Waals surface area contributed by atoms with Crippen LogP contribution in [-0.4, -0.2) is 24.7 Å². The van der Waals surface area contributed by atoms with Crippen molar-refractivity contribution in [3.8, 4) is 0 Å². The second-order valence-electron chi connectivity index (χ2n) is 4.50. The molecule has 0 rings (SSSR count). The van der Waals surface area contributed by atoms with E-state index in [0.717, 1.165) is 37.6 Å². The van der Waals surface area contributed by atoms with Gasteiger partial charge in [0.15, 0.2) is 0 Å². The van der Waals surface area contributed by atoms with Crippen molar-refractivity contribution in [1.29, 1.82) is 0 Å². The van der Waals surface area contributed by atoms with Crippen LogP contribution >= 0.6 is 10.6 Å². The maximum absolute atomic E-state index is 6.15. The van der Waals surface area contributed by atoms with Gasteiger partial charge in [0, 0.05) is 11.5 Å². The van der Waals surface area contributed by atoms with E-state index in [2.05, 4.69) is 27.7 Å². The molecule has 0 aliphatic heterocycles. The third kappa shape index (κ3) is 8.06. The van der Waals surface area contributed by atoms with Crippen molar-refractivity contribution in [3.05, 3.63) is 0 Å². The van der Waals surface area contributed by atoms with Gasteiger partial charge in [0.1, 0.15) is 0 Å². The number of unbranched alkanes of at least 4 members (excludes halogenated alkanes) is 2. The normalized spacial score (nSPS) is 12.9. The summed E-state index contributed by atoms with van der Waals surface area (Å²) in [7, 11) is -1.25. The number of hydrogen-bond acceptors (Lipinski definition) is 2. The van der Waals surface area contributed by atoms with Gasteiger partial charge in [0.05, 0.1) is 13.2 Å². The Morgan fingerprint density at radius 2 is 1.06 bits per heavy atom. The van der Waals surface area contributed by atoms with Crippen LogP contribution in [0.5, 0.6) is 0 Å². The summed E-state index contributed by atoms with van der Waals surface area (Å²) < 4.78 is 12.3. The van der Waals surface area contributed by atoms with Crippen molar-refractivity contribution in [1.82, 2.24) is 0 Å². The molecule has 0 heterocycles. The predicted molar refractivity (Wildman–Crippen MR) is 79.6 cm³/mol. The zero-order chi connectivity index (χ0) is 13.0. The lowest BCUT2D eigenvalue weighted by Crippen LogP contribution is -2.18. The Balaban J connectivity index is 4.39. The lowest BCUT2D eigenvalue weighted by atomic mass is 10.4. The highest BCUT2D eigenvalue weighted by atomic mass is 32.3. The molecule has 0 aliphatic rings. The molecule has 0 N–H and O–H groups in total. The minimum absolute atomic E-state index is 0.854. The molecule has 106 valence electrons. The van der Waals surface area contributed by atoms with Gasteiger partial charge >= 0.3 is 0 Å². The Morgan fingerprint density at radius 1 is 0.647 bits per heavy atom. The topological polar surface area (TPSA) is 18.5 Å². The Labute approximate surface area is 110 Å². The molecule has 0 saturated heterocycles. The summed E-state index contributed by atoms with van der Waals surface area (Å²) in [6.45, 7) is 10.5. The molecular weight excluding hydrogens is 232 g/mol. The first kappa shape index (κ1) is 17.3. The molecule has 0 spiro atoms. The maximum atomic E-state index is 6.15. The highest BCUT2D eigenvalue weighted by molar-refractivity contribution is 8.25. The summed E-state index contributed by atoms with van der Waals surface area (Å²) in [4.78, 5) is 0. The fraction of sp³-hybridized carbons (Fsp3) is 1.00. The van der Waals surface area contributed by atoms with Crippen LogP contribution in [0.4, 0.5) is 0 Å². The average molecular weight is 264 g/mol. The van der Waals surface area contributed by atoms with Crippen LogP contribution in [0.3, 0.4) is 0 Å². The minimum Gasteiger partial charge on any atom is -0.284 e. The van der Waals surface area contributed by atoms with Crippen molar-refractivity contribution in [3.63, 3.8) is 0 Å². The van der Waals surface area contributed by atoms with Gasteiger partial charge in [-0.05, 0) is 25.7 Å². The molecule has 0 atom stereocenters. The van der Waals surface area contributed by atoms with E-state index >= 15 is 0 Å². The number of rotatable bonds is 12. The van der Waals surface area contributed by atoms with E-state index < -0.39 is 10.6 Å². The van der Waals surface area contributed by atoms with E-state index in [9.17, 15) is 0 Å². The third-order valence-electron chi connectivity index (χ3n) is 2.62. The van der Waals surface area contributed by atoms with Crippen LogP contribution in [0.25, 0.3) is 0 Å². The van der Waals surface area contributed by atoms with E-state index in [0.29, 0.717) is 0 Å². The quantitative estimate of drug-likeness (QED) is 0.489. The van der Waals surface area contributed by atoms with E-state index in [1.165, 1.54) is 25.7 Å². The van der Waals surface area contributed by atoms with Crippen LogP contribution in [0.1, 0.15) is 66.2 Å². The number of hydrogen-bond donors (Lipinski definition) is 0. The third-order valence-corrected chi connectivity index (χ3v) is 5.64. The van der Waals surface area contributed by atoms with Gasteiger partial charge in [-0.15, -0.1) is 0 Å². The summed E-state index contributed by atoms with van der Waals surface area (Å²) in [6, 6.07) is 0. The van der Waals surface area contributed by atoms with E-state index in [-0.39, 0.29) is 0 Å². The van der Waals surface area contributed by atoms with Gasteiger partial charge in [0.2, 0.25) is 0 Å². The van der Waals surface area contributed by atoms with E-state index in [4.69, 9.17) is 8.37 Å². The van der Waals surface area contributed by atoms with Crippen LogP contribution in [0.2, 0.25) is 0 Å². The molecule has 0 aromatic carbocycles. The smallest absolute Gasteiger partial charge is 0.0711 e. The lowest BCUT2D eigenvalue weighted by molar-refractivity contribution is 0.254. The van der Waals surface area contributed by atoms with Crippen LogP contribution < -0.4 is 0 Å². The highest BCUT2D eigenvalue weighted by Gasteiger charge is 2.20. The summed E-state index contributed by atoms with van der Waals surface area (Å²) in [6.07, 6.45) is 7.08. The van der Waals surface area contributed by atoms with Crippen molar-refractivity contribution >= 4 is 10.6 Å².